The lowest BCUT2D eigenvalue weighted by Crippen LogP contribution is -2.43. The number of benzene rings is 1. The fourth-order valence-electron chi connectivity index (χ4n) is 2.69. The van der Waals surface area contributed by atoms with Crippen LogP contribution in [0.15, 0.2) is 20.1 Å². The lowest BCUT2D eigenvalue weighted by atomic mass is 10.2. The molecule has 4 rings (SSSR count). The smallest absolute Gasteiger partial charge is 0.339 e. The zero-order valence-electron chi connectivity index (χ0n) is 13.2. The van der Waals surface area contributed by atoms with Gasteiger partial charge in [-0.2, -0.15) is 0 Å². The molecule has 1 aliphatic rings. The lowest BCUT2D eigenvalue weighted by Gasteiger charge is -2.11. The highest BCUT2D eigenvalue weighted by molar-refractivity contribution is 7.71. The van der Waals surface area contributed by atoms with Crippen molar-refractivity contribution in [3.05, 3.63) is 48.5 Å². The van der Waals surface area contributed by atoms with Crippen LogP contribution in [0.1, 0.15) is 24.7 Å². The third-order valence-electron chi connectivity index (χ3n) is 4.25. The summed E-state index contributed by atoms with van der Waals surface area (Å²) < 4.78 is 23.2. The highest BCUT2D eigenvalue weighted by Gasteiger charge is 2.31. The van der Waals surface area contributed by atoms with E-state index >= 15 is 0 Å². The van der Waals surface area contributed by atoms with Crippen molar-refractivity contribution in [3.63, 3.8) is 0 Å². The highest BCUT2D eigenvalue weighted by atomic mass is 35.5. The fourth-order valence-corrected chi connectivity index (χ4v) is 3.07. The summed E-state index contributed by atoms with van der Waals surface area (Å²) in [6, 6.07) is 1.02. The Morgan fingerprint density at radius 1 is 1.28 bits per heavy atom. The minimum atomic E-state index is -0.854. The van der Waals surface area contributed by atoms with Gasteiger partial charge in [0.2, 0.25) is 0 Å². The molecule has 2 aromatic heterocycles. The maximum absolute atomic E-state index is 14.7. The molecule has 1 fully saturated rings. The monoisotopic (exact) mass is 382 g/mol. The van der Waals surface area contributed by atoms with Gasteiger partial charge in [-0.15, -0.1) is 0 Å². The Morgan fingerprint density at radius 2 is 1.88 bits per heavy atom. The second kappa shape index (κ2) is 5.37. The van der Waals surface area contributed by atoms with Crippen LogP contribution in [0.4, 0.5) is 4.39 Å². The number of hydrogen-bond donors (Lipinski definition) is 0. The maximum Gasteiger partial charge on any atom is 0.339 e. The van der Waals surface area contributed by atoms with E-state index in [4.69, 9.17) is 28.2 Å². The molecular formula is C15H12ClFN4O3S. The van der Waals surface area contributed by atoms with E-state index in [0.29, 0.717) is 10.5 Å². The van der Waals surface area contributed by atoms with Crippen molar-refractivity contribution >= 4 is 34.9 Å². The van der Waals surface area contributed by atoms with Crippen LogP contribution in [0.25, 0.3) is 16.8 Å². The zero-order valence-corrected chi connectivity index (χ0v) is 14.8. The standard InChI is InChI=1S/C15H12ClFN4O3S/c1-19-13(22)21(14(23)20(2)15(19)25)10-8(17)5-7(16)9-11(10)24-12(18-9)6-3-4-6/h5-6H,3-4H2,1-2H3. The summed E-state index contributed by atoms with van der Waals surface area (Å²) in [5.41, 5.74) is -1.67. The van der Waals surface area contributed by atoms with Gasteiger partial charge >= 0.3 is 11.4 Å². The molecule has 2 heterocycles. The SMILES string of the molecule is Cn1c(=S)n(C)c(=O)n(-c2c(F)cc(Cl)c3nc(C4CC4)oc23)c1=O. The van der Waals surface area contributed by atoms with Crippen molar-refractivity contribution < 1.29 is 8.81 Å². The molecule has 0 unspecified atom stereocenters. The van der Waals surface area contributed by atoms with E-state index < -0.39 is 17.2 Å². The minimum absolute atomic E-state index is 0.0214. The molecule has 25 heavy (non-hydrogen) atoms. The molecule has 0 bridgehead atoms. The Labute approximate surface area is 149 Å². The van der Waals surface area contributed by atoms with E-state index in [1.807, 2.05) is 0 Å². The van der Waals surface area contributed by atoms with Gasteiger partial charge in [0, 0.05) is 20.0 Å². The first-order valence-electron chi connectivity index (χ1n) is 7.49. The molecule has 10 heteroatoms. The molecular weight excluding hydrogens is 371 g/mol. The third-order valence-corrected chi connectivity index (χ3v) is 5.08. The van der Waals surface area contributed by atoms with E-state index in [1.54, 1.807) is 0 Å². The lowest BCUT2D eigenvalue weighted by molar-refractivity contribution is 0.520. The van der Waals surface area contributed by atoms with Crippen LogP contribution in [-0.2, 0) is 14.1 Å². The molecule has 0 saturated heterocycles. The van der Waals surface area contributed by atoms with Gasteiger partial charge in [0.15, 0.2) is 22.1 Å². The molecule has 7 nitrogen and oxygen atoms in total. The molecule has 1 saturated carbocycles. The van der Waals surface area contributed by atoms with Crippen LogP contribution in [0.5, 0.6) is 0 Å². The zero-order chi connectivity index (χ0) is 18.0. The van der Waals surface area contributed by atoms with Crippen LogP contribution >= 0.6 is 23.8 Å². The van der Waals surface area contributed by atoms with Gasteiger partial charge in [0.1, 0.15) is 11.2 Å². The van der Waals surface area contributed by atoms with Crippen molar-refractivity contribution in [1.82, 2.24) is 18.7 Å². The number of aromatic nitrogens is 4. The Balaban J connectivity index is 2.17. The molecule has 0 aliphatic heterocycles. The second-order valence-electron chi connectivity index (χ2n) is 5.99. The van der Waals surface area contributed by atoms with Crippen LogP contribution < -0.4 is 11.4 Å². The average molecular weight is 383 g/mol. The van der Waals surface area contributed by atoms with Gasteiger partial charge in [-0.25, -0.2) is 23.5 Å². The van der Waals surface area contributed by atoms with Crippen molar-refractivity contribution in [2.75, 3.05) is 0 Å². The Bertz CT molecular complexity index is 1180. The molecule has 0 atom stereocenters. The predicted molar refractivity (Wildman–Crippen MR) is 91.6 cm³/mol. The number of fused-ring (bicyclic) bond motifs is 1. The highest BCUT2D eigenvalue weighted by Crippen LogP contribution is 2.42. The largest absolute Gasteiger partial charge is 0.438 e. The van der Waals surface area contributed by atoms with E-state index in [0.717, 1.165) is 28.0 Å². The molecule has 130 valence electrons. The molecule has 0 radical (unpaired) electrons. The van der Waals surface area contributed by atoms with Gasteiger partial charge in [0.05, 0.1) is 5.02 Å². The van der Waals surface area contributed by atoms with E-state index in [1.165, 1.54) is 14.1 Å². The first-order valence-corrected chi connectivity index (χ1v) is 8.27. The number of hydrogen-bond acceptors (Lipinski definition) is 5. The number of halogens is 2. The van der Waals surface area contributed by atoms with Crippen molar-refractivity contribution in [3.8, 4) is 5.69 Å². The molecule has 1 aliphatic carbocycles. The number of oxazole rings is 1. The summed E-state index contributed by atoms with van der Waals surface area (Å²) in [6.07, 6.45) is 1.84. The summed E-state index contributed by atoms with van der Waals surface area (Å²) in [6.45, 7) is 0. The van der Waals surface area contributed by atoms with E-state index in [9.17, 15) is 14.0 Å². The predicted octanol–water partition coefficient (Wildman–Crippen LogP) is 2.42. The van der Waals surface area contributed by atoms with E-state index in [2.05, 4.69) is 4.98 Å². The van der Waals surface area contributed by atoms with Crippen LogP contribution in [0, 0.1) is 10.6 Å². The Kier molecular flexibility index (Phi) is 3.48. The van der Waals surface area contributed by atoms with Gasteiger partial charge in [-0.05, 0) is 31.1 Å². The third kappa shape index (κ3) is 2.30. The van der Waals surface area contributed by atoms with Gasteiger partial charge in [-0.3, -0.25) is 9.13 Å². The molecule has 0 N–H and O–H groups in total. The average Bonchev–Trinajstić information content (AvgIpc) is 3.33. The van der Waals surface area contributed by atoms with Crippen LogP contribution in [0.2, 0.25) is 5.02 Å². The Hall–Kier alpha value is -2.26. The maximum atomic E-state index is 14.7. The molecule has 0 spiro atoms. The fraction of sp³-hybridized carbons (Fsp3) is 0.333. The molecule has 3 aromatic rings. The minimum Gasteiger partial charge on any atom is -0.438 e. The first kappa shape index (κ1) is 16.2. The van der Waals surface area contributed by atoms with Crippen molar-refractivity contribution in [2.24, 2.45) is 14.1 Å². The number of rotatable bonds is 2. The van der Waals surface area contributed by atoms with Crippen LogP contribution in [0.3, 0.4) is 0 Å². The number of nitrogens with zero attached hydrogens (tertiary/aromatic N) is 4. The van der Waals surface area contributed by atoms with Gasteiger partial charge in [0.25, 0.3) is 0 Å². The summed E-state index contributed by atoms with van der Waals surface area (Å²) in [4.78, 5) is 29.5. The normalized spacial score (nSPS) is 14.4. The molecule has 0 amide bonds. The first-order chi connectivity index (χ1) is 11.8. The summed E-state index contributed by atoms with van der Waals surface area (Å²) >= 11 is 11.1. The second-order valence-corrected chi connectivity index (χ2v) is 6.77. The summed E-state index contributed by atoms with van der Waals surface area (Å²) in [5, 5.41) is 0.0565. The van der Waals surface area contributed by atoms with E-state index in [-0.39, 0.29) is 32.5 Å². The quantitative estimate of drug-likeness (QED) is 0.636. The van der Waals surface area contributed by atoms with Crippen LogP contribution in [-0.4, -0.2) is 18.7 Å². The van der Waals surface area contributed by atoms with Crippen molar-refractivity contribution in [2.45, 2.75) is 18.8 Å². The van der Waals surface area contributed by atoms with Gasteiger partial charge < -0.3 is 4.42 Å². The van der Waals surface area contributed by atoms with Crippen molar-refractivity contribution in [1.29, 1.82) is 0 Å². The topological polar surface area (TPSA) is 75.0 Å². The summed E-state index contributed by atoms with van der Waals surface area (Å²) in [5.74, 6) is -0.268. The molecule has 1 aromatic carbocycles. The van der Waals surface area contributed by atoms with Gasteiger partial charge in [-0.1, -0.05) is 11.6 Å². The summed E-state index contributed by atoms with van der Waals surface area (Å²) in [7, 11) is 2.81. The Morgan fingerprint density at radius 3 is 2.44 bits per heavy atom.